The van der Waals surface area contributed by atoms with Gasteiger partial charge in [-0.15, -0.1) is 0 Å². The highest BCUT2D eigenvalue weighted by Gasteiger charge is 2.76. The van der Waals surface area contributed by atoms with E-state index in [1.165, 1.54) is 0 Å². The number of furan rings is 1. The first kappa shape index (κ1) is 15.3. The molecule has 1 aromatic heterocycles. The Labute approximate surface area is 102 Å². The van der Waals surface area contributed by atoms with Crippen LogP contribution in [0.15, 0.2) is 22.8 Å². The fourth-order valence-corrected chi connectivity index (χ4v) is 1.12. The Morgan fingerprint density at radius 3 is 1.95 bits per heavy atom. The second-order valence-corrected chi connectivity index (χ2v) is 3.59. The summed E-state index contributed by atoms with van der Waals surface area (Å²) < 4.78 is 82.5. The third-order valence-corrected chi connectivity index (χ3v) is 2.26. The average molecular weight is 288 g/mol. The van der Waals surface area contributed by atoms with Gasteiger partial charge >= 0.3 is 17.8 Å². The molecular formula is C10H6F6O3. The van der Waals surface area contributed by atoms with Crippen molar-refractivity contribution in [2.45, 2.75) is 24.7 Å². The summed E-state index contributed by atoms with van der Waals surface area (Å²) in [6, 6.07) is 1.54. The Morgan fingerprint density at radius 1 is 1.05 bits per heavy atom. The highest BCUT2D eigenvalue weighted by Crippen LogP contribution is 2.47. The molecule has 1 heterocycles. The average Bonchev–Trinajstić information content (AvgIpc) is 2.80. The van der Waals surface area contributed by atoms with Gasteiger partial charge in [0.05, 0.1) is 6.26 Å². The molecule has 0 atom stereocenters. The molecule has 1 aromatic rings. The summed E-state index contributed by atoms with van der Waals surface area (Å²) >= 11 is 0. The van der Waals surface area contributed by atoms with Crippen molar-refractivity contribution in [3.8, 4) is 0 Å². The molecule has 0 aliphatic rings. The molecular weight excluding hydrogens is 282 g/mol. The molecule has 0 aromatic carbocycles. The van der Waals surface area contributed by atoms with Crippen LogP contribution in [0.3, 0.4) is 0 Å². The van der Waals surface area contributed by atoms with Gasteiger partial charge in [-0.25, -0.2) is 0 Å². The molecule has 0 bridgehead atoms. The molecule has 19 heavy (non-hydrogen) atoms. The first-order valence-corrected chi connectivity index (χ1v) is 4.69. The second kappa shape index (κ2) is 4.39. The lowest BCUT2D eigenvalue weighted by Gasteiger charge is -2.29. The van der Waals surface area contributed by atoms with E-state index >= 15 is 0 Å². The number of halogens is 6. The molecule has 3 nitrogen and oxygen atoms in total. The minimum atomic E-state index is -6.17. The van der Waals surface area contributed by atoms with E-state index in [4.69, 9.17) is 0 Å². The summed E-state index contributed by atoms with van der Waals surface area (Å²) in [5.41, 5.74) is 0. The number of carbonyl (C=O) groups excluding carboxylic acids is 2. The highest BCUT2D eigenvalue weighted by molar-refractivity contribution is 6.01. The predicted octanol–water partition coefficient (Wildman–Crippen LogP) is 2.96. The van der Waals surface area contributed by atoms with Crippen LogP contribution >= 0.6 is 0 Å². The van der Waals surface area contributed by atoms with Gasteiger partial charge in [0.25, 0.3) is 5.78 Å². The van der Waals surface area contributed by atoms with Gasteiger partial charge in [0, 0.05) is 6.92 Å². The van der Waals surface area contributed by atoms with Crippen molar-refractivity contribution in [1.29, 1.82) is 0 Å². The highest BCUT2D eigenvalue weighted by atomic mass is 19.3. The van der Waals surface area contributed by atoms with Crippen LogP contribution < -0.4 is 0 Å². The maximum atomic E-state index is 13.2. The van der Waals surface area contributed by atoms with Crippen molar-refractivity contribution in [2.75, 3.05) is 0 Å². The van der Waals surface area contributed by atoms with Crippen molar-refractivity contribution >= 4 is 11.6 Å². The van der Waals surface area contributed by atoms with E-state index < -0.39 is 35.1 Å². The van der Waals surface area contributed by atoms with Crippen molar-refractivity contribution in [3.63, 3.8) is 0 Å². The summed E-state index contributed by atoms with van der Waals surface area (Å²) in [6.45, 7) is 0.0152. The molecule has 1 rings (SSSR count). The Hall–Kier alpha value is -1.80. The van der Waals surface area contributed by atoms with E-state index in [2.05, 4.69) is 4.42 Å². The molecule has 0 radical (unpaired) electrons. The minimum absolute atomic E-state index is 0.0152. The van der Waals surface area contributed by atoms with E-state index in [0.717, 1.165) is 12.3 Å². The molecule has 0 spiro atoms. The standard InChI is InChI=1S/C10H6F6O3/c1-5(17)8(11,12)10(15,16)9(13,14)7(18)6-3-2-4-19-6/h2-4H,1H3. The van der Waals surface area contributed by atoms with Gasteiger partial charge in [0.2, 0.25) is 5.78 Å². The monoisotopic (exact) mass is 288 g/mol. The molecule has 0 aliphatic carbocycles. The molecule has 0 unspecified atom stereocenters. The zero-order chi connectivity index (χ0) is 15.1. The number of hydrogen-bond donors (Lipinski definition) is 0. The third-order valence-electron chi connectivity index (χ3n) is 2.26. The summed E-state index contributed by atoms with van der Waals surface area (Å²) in [5, 5.41) is 0. The van der Waals surface area contributed by atoms with Crippen LogP contribution in [0.1, 0.15) is 17.5 Å². The molecule has 0 amide bonds. The minimum Gasteiger partial charge on any atom is -0.461 e. The van der Waals surface area contributed by atoms with E-state index in [1.54, 1.807) is 0 Å². The van der Waals surface area contributed by atoms with Gasteiger partial charge < -0.3 is 4.42 Å². The van der Waals surface area contributed by atoms with Crippen LogP contribution in [0, 0.1) is 0 Å². The zero-order valence-corrected chi connectivity index (χ0v) is 9.22. The lowest BCUT2D eigenvalue weighted by molar-refractivity contribution is -0.277. The van der Waals surface area contributed by atoms with Crippen LogP contribution in [0.4, 0.5) is 26.3 Å². The van der Waals surface area contributed by atoms with Crippen molar-refractivity contribution in [1.82, 2.24) is 0 Å². The topological polar surface area (TPSA) is 47.3 Å². The smallest absolute Gasteiger partial charge is 0.387 e. The van der Waals surface area contributed by atoms with Crippen molar-refractivity contribution in [2.24, 2.45) is 0 Å². The first-order chi connectivity index (χ1) is 8.46. The van der Waals surface area contributed by atoms with Gasteiger partial charge in [-0.1, -0.05) is 0 Å². The SMILES string of the molecule is CC(=O)C(F)(F)C(F)(F)C(F)(F)C(=O)c1ccco1. The molecule has 0 saturated carbocycles. The van der Waals surface area contributed by atoms with E-state index in [-0.39, 0.29) is 6.92 Å². The fourth-order valence-electron chi connectivity index (χ4n) is 1.12. The quantitative estimate of drug-likeness (QED) is 0.618. The van der Waals surface area contributed by atoms with Crippen LogP contribution in [-0.4, -0.2) is 29.3 Å². The third kappa shape index (κ3) is 2.13. The number of carbonyl (C=O) groups is 2. The van der Waals surface area contributed by atoms with Gasteiger partial charge in [0.1, 0.15) is 0 Å². The Kier molecular flexibility index (Phi) is 3.53. The Bertz CT molecular complexity index is 491. The van der Waals surface area contributed by atoms with Crippen molar-refractivity contribution in [3.05, 3.63) is 24.2 Å². The fraction of sp³-hybridized carbons (Fsp3) is 0.400. The van der Waals surface area contributed by atoms with Crippen LogP contribution in [0.5, 0.6) is 0 Å². The van der Waals surface area contributed by atoms with Gasteiger partial charge in [-0.2, -0.15) is 26.3 Å². The molecule has 0 N–H and O–H groups in total. The Balaban J connectivity index is 3.26. The number of ketones is 2. The summed E-state index contributed by atoms with van der Waals surface area (Å²) in [7, 11) is 0. The van der Waals surface area contributed by atoms with E-state index in [9.17, 15) is 35.9 Å². The molecule has 0 aliphatic heterocycles. The molecule has 106 valence electrons. The molecule has 0 fully saturated rings. The van der Waals surface area contributed by atoms with Crippen LogP contribution in [0.2, 0.25) is 0 Å². The van der Waals surface area contributed by atoms with Gasteiger partial charge in [-0.05, 0) is 12.1 Å². The number of rotatable bonds is 5. The number of alkyl halides is 6. The lowest BCUT2D eigenvalue weighted by Crippen LogP contribution is -2.60. The largest absolute Gasteiger partial charge is 0.461 e. The Morgan fingerprint density at radius 2 is 1.58 bits per heavy atom. The molecule has 9 heteroatoms. The maximum absolute atomic E-state index is 13.2. The lowest BCUT2D eigenvalue weighted by atomic mass is 9.97. The van der Waals surface area contributed by atoms with Gasteiger partial charge in [-0.3, -0.25) is 9.59 Å². The number of Topliss-reactive ketones (excluding diaryl/α,β-unsaturated/α-hetero) is 2. The zero-order valence-electron chi connectivity index (χ0n) is 9.22. The normalized spacial score (nSPS) is 13.4. The van der Waals surface area contributed by atoms with E-state index in [1.807, 2.05) is 0 Å². The van der Waals surface area contributed by atoms with E-state index in [0.29, 0.717) is 6.07 Å². The maximum Gasteiger partial charge on any atom is 0.387 e. The summed E-state index contributed by atoms with van der Waals surface area (Å²) in [4.78, 5) is 21.4. The second-order valence-electron chi connectivity index (χ2n) is 3.59. The summed E-state index contributed by atoms with van der Waals surface area (Å²) in [5.74, 6) is -24.0. The van der Waals surface area contributed by atoms with Crippen molar-refractivity contribution < 1.29 is 40.3 Å². The first-order valence-electron chi connectivity index (χ1n) is 4.69. The molecule has 0 saturated heterocycles. The van der Waals surface area contributed by atoms with Crippen LogP contribution in [0.25, 0.3) is 0 Å². The predicted molar refractivity (Wildman–Crippen MR) is 48.6 cm³/mol. The number of hydrogen-bond acceptors (Lipinski definition) is 3. The summed E-state index contributed by atoms with van der Waals surface area (Å²) in [6.07, 6.45) is 0.727. The van der Waals surface area contributed by atoms with Crippen LogP contribution in [-0.2, 0) is 4.79 Å². The van der Waals surface area contributed by atoms with Gasteiger partial charge in [0.15, 0.2) is 5.76 Å².